The van der Waals surface area contributed by atoms with Crippen LogP contribution in [0.15, 0.2) is 65.6 Å². The molecule has 1 atom stereocenters. The van der Waals surface area contributed by atoms with Crippen molar-refractivity contribution < 1.29 is 22.7 Å². The Morgan fingerprint density at radius 1 is 0.889 bits per heavy atom. The van der Waals surface area contributed by atoms with Gasteiger partial charge in [0.2, 0.25) is 0 Å². The number of benzene rings is 3. The number of ether oxygens (including phenoxy) is 2. The van der Waals surface area contributed by atoms with Gasteiger partial charge in [0.25, 0.3) is 0 Å². The minimum atomic E-state index is -3.28. The Morgan fingerprint density at radius 2 is 1.48 bits per heavy atom. The van der Waals surface area contributed by atoms with E-state index in [4.69, 9.17) is 9.47 Å². The first kappa shape index (κ1) is 18.9. The quantitative estimate of drug-likeness (QED) is 0.492. The average Bonchev–Trinajstić information content (AvgIpc) is 2.66. The highest BCUT2D eigenvalue weighted by Gasteiger charge is 2.18. The molecule has 0 aliphatic carbocycles. The molecule has 0 amide bonds. The fraction of sp³-hybridized carbons (Fsp3) is 0.190. The van der Waals surface area contributed by atoms with Crippen LogP contribution < -0.4 is 9.47 Å². The van der Waals surface area contributed by atoms with Gasteiger partial charge >= 0.3 is 5.97 Å². The van der Waals surface area contributed by atoms with Gasteiger partial charge in [0.05, 0.1) is 17.9 Å². The molecule has 3 aromatic carbocycles. The first-order valence-electron chi connectivity index (χ1n) is 8.37. The number of esters is 1. The van der Waals surface area contributed by atoms with Gasteiger partial charge in [-0.25, -0.2) is 8.42 Å². The Bertz CT molecular complexity index is 1090. The molecular formula is C21H20O5S. The third-order valence-corrected chi connectivity index (χ3v) is 5.52. The van der Waals surface area contributed by atoms with Gasteiger partial charge < -0.3 is 9.47 Å². The molecule has 0 radical (unpaired) electrons. The minimum absolute atomic E-state index is 0.181. The van der Waals surface area contributed by atoms with E-state index in [1.54, 1.807) is 14.0 Å². The number of rotatable bonds is 5. The number of fused-ring (bicyclic) bond motifs is 1. The molecule has 0 aliphatic heterocycles. The maximum Gasteiger partial charge on any atom is 0.318 e. The minimum Gasteiger partial charge on any atom is -0.497 e. The molecule has 0 aromatic heterocycles. The standard InChI is InChI=1S/C21H20O5S/c1-14(15-4-5-17-13-19(25-2)7-6-16(17)12-15)21(22)26-18-8-10-20(11-9-18)27(3,23)24/h4-14H,1-3H3. The van der Waals surface area contributed by atoms with E-state index in [9.17, 15) is 13.2 Å². The molecule has 27 heavy (non-hydrogen) atoms. The monoisotopic (exact) mass is 384 g/mol. The van der Waals surface area contributed by atoms with Crippen LogP contribution in [-0.2, 0) is 14.6 Å². The second kappa shape index (κ2) is 7.40. The first-order chi connectivity index (χ1) is 12.8. The number of hydrogen-bond donors (Lipinski definition) is 0. The van der Waals surface area contributed by atoms with Crippen LogP contribution in [0.3, 0.4) is 0 Å². The van der Waals surface area contributed by atoms with Crippen LogP contribution in [0.5, 0.6) is 11.5 Å². The van der Waals surface area contributed by atoms with E-state index in [0.717, 1.165) is 28.3 Å². The second-order valence-electron chi connectivity index (χ2n) is 6.36. The average molecular weight is 384 g/mol. The van der Waals surface area contributed by atoms with Crippen molar-refractivity contribution in [2.45, 2.75) is 17.7 Å². The molecule has 0 fully saturated rings. The highest BCUT2D eigenvalue weighted by Crippen LogP contribution is 2.26. The van der Waals surface area contributed by atoms with Gasteiger partial charge in [0, 0.05) is 6.26 Å². The summed E-state index contributed by atoms with van der Waals surface area (Å²) in [5, 5.41) is 2.03. The number of carbonyl (C=O) groups excluding carboxylic acids is 1. The van der Waals surface area contributed by atoms with E-state index < -0.39 is 21.7 Å². The summed E-state index contributed by atoms with van der Waals surface area (Å²) in [6.07, 6.45) is 1.13. The SMILES string of the molecule is COc1ccc2cc(C(C)C(=O)Oc3ccc(S(C)(=O)=O)cc3)ccc2c1. The molecule has 0 aliphatic rings. The van der Waals surface area contributed by atoms with Gasteiger partial charge in [0.1, 0.15) is 11.5 Å². The van der Waals surface area contributed by atoms with Crippen LogP contribution in [0.1, 0.15) is 18.4 Å². The van der Waals surface area contributed by atoms with Crippen molar-refractivity contribution in [1.82, 2.24) is 0 Å². The Hall–Kier alpha value is -2.86. The maximum absolute atomic E-state index is 12.5. The van der Waals surface area contributed by atoms with Crippen molar-refractivity contribution >= 4 is 26.6 Å². The highest BCUT2D eigenvalue weighted by atomic mass is 32.2. The third kappa shape index (κ3) is 4.28. The molecule has 0 heterocycles. The van der Waals surface area contributed by atoms with Crippen molar-refractivity contribution in [3.63, 3.8) is 0 Å². The van der Waals surface area contributed by atoms with E-state index >= 15 is 0 Å². The van der Waals surface area contributed by atoms with Gasteiger partial charge in [-0.05, 0) is 59.7 Å². The number of sulfone groups is 1. The zero-order valence-corrected chi connectivity index (χ0v) is 16.1. The molecule has 3 aromatic rings. The molecule has 3 rings (SSSR count). The van der Waals surface area contributed by atoms with Crippen molar-refractivity contribution in [3.8, 4) is 11.5 Å². The zero-order chi connectivity index (χ0) is 19.6. The van der Waals surface area contributed by atoms with Crippen molar-refractivity contribution in [2.24, 2.45) is 0 Å². The van der Waals surface area contributed by atoms with E-state index in [2.05, 4.69) is 0 Å². The summed E-state index contributed by atoms with van der Waals surface area (Å²) in [5.41, 5.74) is 0.838. The van der Waals surface area contributed by atoms with Gasteiger partial charge in [-0.2, -0.15) is 0 Å². The summed E-state index contributed by atoms with van der Waals surface area (Å²) in [7, 11) is -1.66. The predicted octanol–water partition coefficient (Wildman–Crippen LogP) is 3.96. The molecule has 0 bridgehead atoms. The van der Waals surface area contributed by atoms with E-state index in [0.29, 0.717) is 5.75 Å². The maximum atomic E-state index is 12.5. The number of hydrogen-bond acceptors (Lipinski definition) is 5. The van der Waals surface area contributed by atoms with Crippen LogP contribution >= 0.6 is 0 Å². The summed E-state index contributed by atoms with van der Waals surface area (Å²) >= 11 is 0. The Morgan fingerprint density at radius 3 is 2.11 bits per heavy atom. The third-order valence-electron chi connectivity index (χ3n) is 4.40. The lowest BCUT2D eigenvalue weighted by molar-refractivity contribution is -0.135. The number of methoxy groups -OCH3 is 1. The van der Waals surface area contributed by atoms with Crippen LogP contribution in [0, 0.1) is 0 Å². The normalized spacial score (nSPS) is 12.6. The molecule has 0 spiro atoms. The summed E-state index contributed by atoms with van der Waals surface area (Å²) < 4.78 is 33.6. The molecule has 140 valence electrons. The van der Waals surface area contributed by atoms with E-state index in [1.165, 1.54) is 24.3 Å². The van der Waals surface area contributed by atoms with Gasteiger partial charge in [-0.15, -0.1) is 0 Å². The smallest absolute Gasteiger partial charge is 0.318 e. The zero-order valence-electron chi connectivity index (χ0n) is 15.3. The lowest BCUT2D eigenvalue weighted by Crippen LogP contribution is -2.16. The van der Waals surface area contributed by atoms with Crippen molar-refractivity contribution in [1.29, 1.82) is 0 Å². The van der Waals surface area contributed by atoms with Crippen LogP contribution in [-0.4, -0.2) is 27.8 Å². The lowest BCUT2D eigenvalue weighted by atomic mass is 9.98. The molecule has 1 unspecified atom stereocenters. The van der Waals surface area contributed by atoms with Crippen LogP contribution in [0.2, 0.25) is 0 Å². The fourth-order valence-electron chi connectivity index (χ4n) is 2.73. The highest BCUT2D eigenvalue weighted by molar-refractivity contribution is 7.90. The second-order valence-corrected chi connectivity index (χ2v) is 8.37. The summed E-state index contributed by atoms with van der Waals surface area (Å²) in [6.45, 7) is 1.78. The molecule has 0 saturated carbocycles. The van der Waals surface area contributed by atoms with Crippen LogP contribution in [0.25, 0.3) is 10.8 Å². The summed E-state index contributed by atoms with van der Waals surface area (Å²) in [4.78, 5) is 12.7. The number of carbonyl (C=O) groups is 1. The van der Waals surface area contributed by atoms with Crippen molar-refractivity contribution in [2.75, 3.05) is 13.4 Å². The Kier molecular flexibility index (Phi) is 5.19. The lowest BCUT2D eigenvalue weighted by Gasteiger charge is -2.13. The summed E-state index contributed by atoms with van der Waals surface area (Å²) in [5.74, 6) is 0.214. The van der Waals surface area contributed by atoms with Crippen LogP contribution in [0.4, 0.5) is 0 Å². The van der Waals surface area contributed by atoms with E-state index in [1.807, 2.05) is 36.4 Å². The molecule has 0 N–H and O–H groups in total. The first-order valence-corrected chi connectivity index (χ1v) is 10.3. The molecular weight excluding hydrogens is 364 g/mol. The van der Waals surface area contributed by atoms with Gasteiger partial charge in [0.15, 0.2) is 9.84 Å². The molecule has 0 saturated heterocycles. The van der Waals surface area contributed by atoms with Crippen molar-refractivity contribution in [3.05, 3.63) is 66.2 Å². The van der Waals surface area contributed by atoms with Gasteiger partial charge in [-0.3, -0.25) is 4.79 Å². The summed E-state index contributed by atoms with van der Waals surface area (Å²) in [6, 6.07) is 17.3. The molecule has 6 heteroatoms. The Labute approximate surface area is 158 Å². The Balaban J connectivity index is 1.77. The molecule has 5 nitrogen and oxygen atoms in total. The largest absolute Gasteiger partial charge is 0.497 e. The topological polar surface area (TPSA) is 69.7 Å². The fourth-order valence-corrected chi connectivity index (χ4v) is 3.36. The predicted molar refractivity (Wildman–Crippen MR) is 104 cm³/mol. The van der Waals surface area contributed by atoms with Gasteiger partial charge in [-0.1, -0.05) is 24.3 Å². The van der Waals surface area contributed by atoms with E-state index in [-0.39, 0.29) is 4.90 Å².